The second-order valence-electron chi connectivity index (χ2n) is 5.12. The van der Waals surface area contributed by atoms with Crippen molar-refractivity contribution in [3.05, 3.63) is 63.2 Å². The maximum Gasteiger partial charge on any atom is 0.311 e. The zero-order chi connectivity index (χ0) is 19.1. The molecule has 8 nitrogen and oxygen atoms in total. The summed E-state index contributed by atoms with van der Waals surface area (Å²) in [6.45, 7) is 1.36. The number of hydrogen-bond acceptors (Lipinski definition) is 6. The highest BCUT2D eigenvalue weighted by molar-refractivity contribution is 6.30. The van der Waals surface area contributed by atoms with Crippen molar-refractivity contribution in [3.63, 3.8) is 0 Å². The number of carbonyl (C=O) groups excluding carboxylic acids is 1. The number of methoxy groups -OCH3 is 1. The van der Waals surface area contributed by atoms with Crippen LogP contribution < -0.4 is 14.9 Å². The molecule has 0 aliphatic heterocycles. The fourth-order valence-electron chi connectivity index (χ4n) is 2.01. The smallest absolute Gasteiger partial charge is 0.311 e. The van der Waals surface area contributed by atoms with Gasteiger partial charge in [0.2, 0.25) is 0 Å². The van der Waals surface area contributed by atoms with Crippen LogP contribution in [0.3, 0.4) is 0 Å². The summed E-state index contributed by atoms with van der Waals surface area (Å²) in [6.07, 6.45) is 0. The van der Waals surface area contributed by atoms with Crippen molar-refractivity contribution in [2.45, 2.75) is 6.92 Å². The normalized spacial score (nSPS) is 11.0. The van der Waals surface area contributed by atoms with E-state index in [4.69, 9.17) is 21.1 Å². The number of nitrogens with zero attached hydrogens (tertiary/aromatic N) is 2. The van der Waals surface area contributed by atoms with Gasteiger partial charge in [0.05, 0.1) is 17.7 Å². The topological polar surface area (TPSA) is 103 Å². The Labute approximate surface area is 154 Å². The van der Waals surface area contributed by atoms with Crippen molar-refractivity contribution in [3.8, 4) is 11.5 Å². The highest BCUT2D eigenvalue weighted by Crippen LogP contribution is 2.27. The summed E-state index contributed by atoms with van der Waals surface area (Å²) in [5.74, 6) is 0.122. The molecule has 0 spiro atoms. The van der Waals surface area contributed by atoms with Crippen molar-refractivity contribution in [2.75, 3.05) is 13.7 Å². The summed E-state index contributed by atoms with van der Waals surface area (Å²) in [7, 11) is 1.35. The molecule has 0 heterocycles. The van der Waals surface area contributed by atoms with E-state index in [0.717, 1.165) is 0 Å². The van der Waals surface area contributed by atoms with E-state index in [9.17, 15) is 14.9 Å². The van der Waals surface area contributed by atoms with Crippen LogP contribution in [0.25, 0.3) is 0 Å². The summed E-state index contributed by atoms with van der Waals surface area (Å²) in [5.41, 5.74) is 3.02. The average Bonchev–Trinajstić information content (AvgIpc) is 2.63. The van der Waals surface area contributed by atoms with Crippen LogP contribution >= 0.6 is 11.6 Å². The molecular weight excluding hydrogens is 362 g/mol. The predicted octanol–water partition coefficient (Wildman–Crippen LogP) is 3.18. The molecule has 0 bridgehead atoms. The first kappa shape index (κ1) is 19.2. The Morgan fingerprint density at radius 1 is 1.31 bits per heavy atom. The van der Waals surface area contributed by atoms with Crippen molar-refractivity contribution >= 4 is 28.9 Å². The van der Waals surface area contributed by atoms with Crippen LogP contribution in [0.4, 0.5) is 5.69 Å². The van der Waals surface area contributed by atoms with E-state index in [2.05, 4.69) is 10.5 Å². The highest BCUT2D eigenvalue weighted by atomic mass is 35.5. The lowest BCUT2D eigenvalue weighted by molar-refractivity contribution is -0.385. The van der Waals surface area contributed by atoms with Gasteiger partial charge in [-0.15, -0.1) is 0 Å². The molecular formula is C17H16ClN3O5. The van der Waals surface area contributed by atoms with E-state index >= 15 is 0 Å². The predicted molar refractivity (Wildman–Crippen MR) is 96.9 cm³/mol. The molecule has 9 heteroatoms. The Morgan fingerprint density at radius 3 is 2.73 bits per heavy atom. The van der Waals surface area contributed by atoms with E-state index in [-0.39, 0.29) is 18.0 Å². The third-order valence-corrected chi connectivity index (χ3v) is 3.54. The maximum absolute atomic E-state index is 11.8. The molecule has 1 amide bonds. The van der Waals surface area contributed by atoms with Crippen LogP contribution in [0, 0.1) is 10.1 Å². The number of ether oxygens (including phenoxy) is 2. The third kappa shape index (κ3) is 5.18. The van der Waals surface area contributed by atoms with E-state index in [0.29, 0.717) is 22.0 Å². The number of rotatable bonds is 7. The van der Waals surface area contributed by atoms with Crippen molar-refractivity contribution < 1.29 is 19.2 Å². The molecule has 0 unspecified atom stereocenters. The Hall–Kier alpha value is -3.13. The molecule has 136 valence electrons. The molecule has 0 aromatic heterocycles. The molecule has 0 fully saturated rings. The standard InChI is InChI=1S/C17H16ClN3O5/c1-11(12-6-7-16(25-2)15(8-12)21(23)24)19-20-17(22)10-26-14-5-3-4-13(18)9-14/h3-9H,10H2,1-2H3,(H,20,22). The number of carbonyl (C=O) groups is 1. The second-order valence-corrected chi connectivity index (χ2v) is 5.56. The van der Waals surface area contributed by atoms with E-state index in [1.165, 1.54) is 19.2 Å². The van der Waals surface area contributed by atoms with Gasteiger partial charge >= 0.3 is 5.69 Å². The van der Waals surface area contributed by atoms with Crippen LogP contribution in [0.15, 0.2) is 47.6 Å². The molecule has 2 aromatic rings. The number of hydrogen-bond donors (Lipinski definition) is 1. The first-order valence-electron chi connectivity index (χ1n) is 7.45. The van der Waals surface area contributed by atoms with E-state index in [1.54, 1.807) is 37.3 Å². The highest BCUT2D eigenvalue weighted by Gasteiger charge is 2.16. The van der Waals surface area contributed by atoms with Gasteiger partial charge in [-0.25, -0.2) is 5.43 Å². The van der Waals surface area contributed by atoms with Crippen LogP contribution in [0.2, 0.25) is 5.02 Å². The van der Waals surface area contributed by atoms with Crippen molar-refractivity contribution in [1.82, 2.24) is 5.43 Å². The Morgan fingerprint density at radius 2 is 2.08 bits per heavy atom. The Kier molecular flexibility index (Phi) is 6.51. The molecule has 0 saturated heterocycles. The number of nitro benzene ring substituents is 1. The van der Waals surface area contributed by atoms with Crippen LogP contribution in [0.1, 0.15) is 12.5 Å². The van der Waals surface area contributed by atoms with E-state index < -0.39 is 10.8 Å². The summed E-state index contributed by atoms with van der Waals surface area (Å²) in [6, 6.07) is 11.1. The number of nitro groups is 1. The largest absolute Gasteiger partial charge is 0.490 e. The number of amides is 1. The minimum absolute atomic E-state index is 0.144. The minimum Gasteiger partial charge on any atom is -0.490 e. The van der Waals surface area contributed by atoms with Gasteiger partial charge in [0.25, 0.3) is 5.91 Å². The lowest BCUT2D eigenvalue weighted by atomic mass is 10.1. The van der Waals surface area contributed by atoms with Gasteiger partial charge in [-0.1, -0.05) is 17.7 Å². The van der Waals surface area contributed by atoms with Gasteiger partial charge in [0.1, 0.15) is 5.75 Å². The van der Waals surface area contributed by atoms with Gasteiger partial charge < -0.3 is 9.47 Å². The second kappa shape index (κ2) is 8.82. The zero-order valence-electron chi connectivity index (χ0n) is 14.1. The molecule has 26 heavy (non-hydrogen) atoms. The first-order chi connectivity index (χ1) is 12.4. The summed E-state index contributed by atoms with van der Waals surface area (Å²) < 4.78 is 10.2. The zero-order valence-corrected chi connectivity index (χ0v) is 14.8. The lowest BCUT2D eigenvalue weighted by Gasteiger charge is -2.07. The summed E-state index contributed by atoms with van der Waals surface area (Å²) in [5, 5.41) is 15.5. The molecule has 0 aliphatic carbocycles. The van der Waals surface area contributed by atoms with Crippen molar-refractivity contribution in [2.24, 2.45) is 5.10 Å². The minimum atomic E-state index is -0.549. The Bertz CT molecular complexity index is 854. The number of hydrazone groups is 1. The van der Waals surface area contributed by atoms with Gasteiger partial charge in [0, 0.05) is 16.7 Å². The fourth-order valence-corrected chi connectivity index (χ4v) is 2.19. The molecule has 0 radical (unpaired) electrons. The van der Waals surface area contributed by atoms with Crippen molar-refractivity contribution in [1.29, 1.82) is 0 Å². The van der Waals surface area contributed by atoms with Crippen LogP contribution in [-0.4, -0.2) is 30.3 Å². The number of halogens is 1. The number of nitrogens with one attached hydrogen (secondary N) is 1. The molecule has 1 N–H and O–H groups in total. The molecule has 0 atom stereocenters. The van der Waals surface area contributed by atoms with Gasteiger partial charge in [0.15, 0.2) is 12.4 Å². The summed E-state index contributed by atoms with van der Waals surface area (Å²) >= 11 is 5.83. The van der Waals surface area contributed by atoms with Gasteiger partial charge in [-0.05, 0) is 37.3 Å². The Balaban J connectivity index is 2.00. The quantitative estimate of drug-likeness (QED) is 0.453. The first-order valence-corrected chi connectivity index (χ1v) is 7.83. The number of benzene rings is 2. The van der Waals surface area contributed by atoms with Gasteiger partial charge in [-0.2, -0.15) is 5.10 Å². The lowest BCUT2D eigenvalue weighted by Crippen LogP contribution is -2.25. The molecule has 2 aromatic carbocycles. The fraction of sp³-hybridized carbons (Fsp3) is 0.176. The molecule has 0 aliphatic rings. The SMILES string of the molecule is COc1ccc(C(C)=NNC(=O)COc2cccc(Cl)c2)cc1[N+](=O)[O-]. The van der Waals surface area contributed by atoms with E-state index in [1.807, 2.05) is 0 Å². The average molecular weight is 378 g/mol. The maximum atomic E-state index is 11.8. The molecule has 0 saturated carbocycles. The third-order valence-electron chi connectivity index (χ3n) is 3.31. The molecule has 2 rings (SSSR count). The summed E-state index contributed by atoms with van der Waals surface area (Å²) in [4.78, 5) is 22.3. The monoisotopic (exact) mass is 377 g/mol. The van der Waals surface area contributed by atoms with Crippen LogP contribution in [-0.2, 0) is 4.79 Å². The van der Waals surface area contributed by atoms with Gasteiger partial charge in [-0.3, -0.25) is 14.9 Å². The van der Waals surface area contributed by atoms with Crippen LogP contribution in [0.5, 0.6) is 11.5 Å².